The van der Waals surface area contributed by atoms with Gasteiger partial charge in [0.05, 0.1) is 6.04 Å². The number of carbonyl (C=O) groups is 4. The molecule has 47 heavy (non-hydrogen) atoms. The van der Waals surface area contributed by atoms with Crippen LogP contribution in [0.1, 0.15) is 27.8 Å². The van der Waals surface area contributed by atoms with Gasteiger partial charge in [0.25, 0.3) is 0 Å². The number of nitrogens with one attached hydrogen (secondary N) is 2. The number of nitrogens with zero attached hydrogens (tertiary/aromatic N) is 1. The van der Waals surface area contributed by atoms with Crippen LogP contribution in [-0.4, -0.2) is 57.8 Å². The monoisotopic (exact) mass is 633 g/mol. The molecule has 242 valence electrons. The fourth-order valence-electron chi connectivity index (χ4n) is 5.85. The van der Waals surface area contributed by atoms with Crippen LogP contribution in [0.3, 0.4) is 0 Å². The predicted octanol–water partition coefficient (Wildman–Crippen LogP) is 2.16. The number of benzene rings is 4. The van der Waals surface area contributed by atoms with E-state index >= 15 is 0 Å². The Bertz CT molecular complexity index is 1700. The van der Waals surface area contributed by atoms with E-state index in [1.807, 2.05) is 84.9 Å². The van der Waals surface area contributed by atoms with Crippen molar-refractivity contribution in [2.24, 2.45) is 11.5 Å². The van der Waals surface area contributed by atoms with E-state index in [2.05, 4.69) is 10.6 Å². The van der Waals surface area contributed by atoms with Crippen molar-refractivity contribution in [3.8, 4) is 5.75 Å². The van der Waals surface area contributed by atoms with Crippen LogP contribution >= 0.6 is 0 Å². The van der Waals surface area contributed by atoms with Crippen LogP contribution < -0.4 is 22.1 Å². The standard InChI is InChI=1S/C37H39N5O5/c38-30(19-26-15-17-29(43)18-16-26)37(47)42-23-28-14-8-7-13-27(28)22-33(42)36(46)41-32(21-25-11-5-2-6-12-25)35(45)40-31(34(39)44)20-24-9-3-1-4-10-24/h1-18,30-33,43H,19-23,38H2,(H2,39,44)(H,40,45)(H,41,46)/t30-,31-,32-,33?/m0/s1. The Hall–Kier alpha value is -5.48. The molecule has 4 amide bonds. The zero-order valence-corrected chi connectivity index (χ0v) is 25.9. The molecular formula is C37H39N5O5. The second kappa shape index (κ2) is 15.2. The van der Waals surface area contributed by atoms with Crippen LogP contribution in [0, 0.1) is 0 Å². The third-order valence-electron chi connectivity index (χ3n) is 8.40. The van der Waals surface area contributed by atoms with Gasteiger partial charge in [0.15, 0.2) is 0 Å². The third kappa shape index (κ3) is 8.62. The Morgan fingerprint density at radius 3 is 1.83 bits per heavy atom. The molecule has 7 N–H and O–H groups in total. The fourth-order valence-corrected chi connectivity index (χ4v) is 5.85. The number of primary amides is 1. The quantitative estimate of drug-likeness (QED) is 0.160. The van der Waals surface area contributed by atoms with Crippen LogP contribution in [0.25, 0.3) is 0 Å². The number of rotatable bonds is 12. The maximum absolute atomic E-state index is 14.1. The second-order valence-corrected chi connectivity index (χ2v) is 11.8. The molecule has 4 atom stereocenters. The highest BCUT2D eigenvalue weighted by molar-refractivity contribution is 5.95. The Morgan fingerprint density at radius 1 is 0.702 bits per heavy atom. The zero-order valence-electron chi connectivity index (χ0n) is 25.9. The summed E-state index contributed by atoms with van der Waals surface area (Å²) in [7, 11) is 0. The number of phenolic OH excluding ortho intramolecular Hbond substituents is 1. The fraction of sp³-hybridized carbons (Fsp3) is 0.243. The summed E-state index contributed by atoms with van der Waals surface area (Å²) in [6.07, 6.45) is 0.777. The summed E-state index contributed by atoms with van der Waals surface area (Å²) in [6, 6.07) is 28.5. The number of fused-ring (bicyclic) bond motifs is 1. The molecule has 0 spiro atoms. The Balaban J connectivity index is 1.38. The number of hydrogen-bond donors (Lipinski definition) is 5. The van der Waals surface area contributed by atoms with Crippen LogP contribution in [-0.2, 0) is 51.4 Å². The van der Waals surface area contributed by atoms with Crippen molar-refractivity contribution in [2.45, 2.75) is 56.4 Å². The first-order chi connectivity index (χ1) is 22.7. The molecule has 0 bridgehead atoms. The highest BCUT2D eigenvalue weighted by Crippen LogP contribution is 2.25. The van der Waals surface area contributed by atoms with Crippen molar-refractivity contribution < 1.29 is 24.3 Å². The van der Waals surface area contributed by atoms with Crippen molar-refractivity contribution in [1.29, 1.82) is 0 Å². The van der Waals surface area contributed by atoms with E-state index in [0.717, 1.165) is 27.8 Å². The van der Waals surface area contributed by atoms with Gasteiger partial charge in [0, 0.05) is 25.8 Å². The summed E-state index contributed by atoms with van der Waals surface area (Å²) >= 11 is 0. The van der Waals surface area contributed by atoms with Gasteiger partial charge in [-0.15, -0.1) is 0 Å². The summed E-state index contributed by atoms with van der Waals surface area (Å²) < 4.78 is 0. The lowest BCUT2D eigenvalue weighted by atomic mass is 9.92. The maximum Gasteiger partial charge on any atom is 0.243 e. The molecule has 5 rings (SSSR count). The number of hydrogen-bond acceptors (Lipinski definition) is 6. The van der Waals surface area contributed by atoms with Gasteiger partial charge in [-0.05, 0) is 46.4 Å². The highest BCUT2D eigenvalue weighted by atomic mass is 16.3. The van der Waals surface area contributed by atoms with E-state index in [1.165, 1.54) is 17.0 Å². The molecule has 0 aromatic heterocycles. The van der Waals surface area contributed by atoms with E-state index in [0.29, 0.717) is 0 Å². The van der Waals surface area contributed by atoms with Crippen LogP contribution in [0.5, 0.6) is 5.75 Å². The van der Waals surface area contributed by atoms with Gasteiger partial charge >= 0.3 is 0 Å². The lowest BCUT2D eigenvalue weighted by Gasteiger charge is -2.38. The minimum absolute atomic E-state index is 0.106. The van der Waals surface area contributed by atoms with Crippen LogP contribution in [0.2, 0.25) is 0 Å². The van der Waals surface area contributed by atoms with Gasteiger partial charge in [-0.3, -0.25) is 19.2 Å². The molecule has 4 aromatic rings. The normalized spacial score (nSPS) is 15.9. The van der Waals surface area contributed by atoms with Crippen molar-refractivity contribution in [3.05, 3.63) is 137 Å². The SMILES string of the molecule is NC(=O)[C@H](Cc1ccccc1)NC(=O)[C@H](Cc1ccccc1)NC(=O)C1Cc2ccccc2CN1C(=O)[C@@H](N)Cc1ccc(O)cc1. The molecule has 10 heteroatoms. The molecule has 1 aliphatic heterocycles. The molecule has 0 fully saturated rings. The van der Waals surface area contributed by atoms with Gasteiger partial charge < -0.3 is 32.1 Å². The molecule has 0 saturated heterocycles. The van der Waals surface area contributed by atoms with E-state index in [-0.39, 0.29) is 38.0 Å². The highest BCUT2D eigenvalue weighted by Gasteiger charge is 2.38. The first-order valence-corrected chi connectivity index (χ1v) is 15.6. The molecule has 4 aromatic carbocycles. The molecule has 10 nitrogen and oxygen atoms in total. The van der Waals surface area contributed by atoms with E-state index in [1.54, 1.807) is 12.1 Å². The lowest BCUT2D eigenvalue weighted by molar-refractivity contribution is -0.143. The summed E-state index contributed by atoms with van der Waals surface area (Å²) in [5, 5.41) is 15.3. The van der Waals surface area contributed by atoms with Gasteiger partial charge in [0.2, 0.25) is 23.6 Å². The average Bonchev–Trinajstić information content (AvgIpc) is 3.08. The number of carbonyl (C=O) groups excluding carboxylic acids is 4. The number of aromatic hydroxyl groups is 1. The molecule has 1 unspecified atom stereocenters. The minimum Gasteiger partial charge on any atom is -0.508 e. The first-order valence-electron chi connectivity index (χ1n) is 15.6. The van der Waals surface area contributed by atoms with E-state index < -0.39 is 47.8 Å². The van der Waals surface area contributed by atoms with Crippen molar-refractivity contribution in [2.75, 3.05) is 0 Å². The van der Waals surface area contributed by atoms with E-state index in [4.69, 9.17) is 11.5 Å². The van der Waals surface area contributed by atoms with E-state index in [9.17, 15) is 24.3 Å². The Morgan fingerprint density at radius 2 is 1.23 bits per heavy atom. The van der Waals surface area contributed by atoms with Crippen molar-refractivity contribution >= 4 is 23.6 Å². The van der Waals surface area contributed by atoms with Crippen LogP contribution in [0.15, 0.2) is 109 Å². The Labute approximate surface area is 273 Å². The number of nitrogens with two attached hydrogens (primary N) is 2. The van der Waals surface area contributed by atoms with Crippen molar-refractivity contribution in [3.63, 3.8) is 0 Å². The van der Waals surface area contributed by atoms with Gasteiger partial charge in [-0.25, -0.2) is 0 Å². The smallest absolute Gasteiger partial charge is 0.243 e. The molecule has 1 aliphatic rings. The summed E-state index contributed by atoms with van der Waals surface area (Å²) in [4.78, 5) is 55.6. The first kappa shape index (κ1) is 32.9. The number of amides is 4. The second-order valence-electron chi connectivity index (χ2n) is 11.8. The minimum atomic E-state index is -1.07. The van der Waals surface area contributed by atoms with Crippen molar-refractivity contribution in [1.82, 2.24) is 15.5 Å². The third-order valence-corrected chi connectivity index (χ3v) is 8.40. The molecule has 1 heterocycles. The van der Waals surface area contributed by atoms with Gasteiger partial charge in [-0.2, -0.15) is 0 Å². The summed E-state index contributed by atoms with van der Waals surface area (Å²) in [6.45, 7) is 0.173. The summed E-state index contributed by atoms with van der Waals surface area (Å²) in [5.41, 5.74) is 16.3. The topological polar surface area (TPSA) is 168 Å². The molecule has 0 radical (unpaired) electrons. The molecular weight excluding hydrogens is 594 g/mol. The van der Waals surface area contributed by atoms with Crippen LogP contribution in [0.4, 0.5) is 0 Å². The average molecular weight is 634 g/mol. The molecule has 0 saturated carbocycles. The zero-order chi connectivity index (χ0) is 33.3. The maximum atomic E-state index is 14.1. The Kier molecular flexibility index (Phi) is 10.6. The van der Waals surface area contributed by atoms with Gasteiger partial charge in [0.1, 0.15) is 23.9 Å². The predicted molar refractivity (Wildman–Crippen MR) is 178 cm³/mol. The summed E-state index contributed by atoms with van der Waals surface area (Å²) in [5.74, 6) is -2.09. The molecule has 0 aliphatic carbocycles. The lowest BCUT2D eigenvalue weighted by Crippen LogP contribution is -2.60. The number of phenols is 1. The van der Waals surface area contributed by atoms with Gasteiger partial charge in [-0.1, -0.05) is 97.1 Å². The largest absolute Gasteiger partial charge is 0.508 e.